The minimum absolute atomic E-state index is 0.0981. The molecule has 0 aliphatic carbocycles. The Morgan fingerprint density at radius 2 is 2.46 bits per heavy atom. The first-order valence-electron chi connectivity index (χ1n) is 4.87. The van der Waals surface area contributed by atoms with Crippen LogP contribution in [0.25, 0.3) is 0 Å². The van der Waals surface area contributed by atoms with E-state index in [1.165, 1.54) is 0 Å². The zero-order chi connectivity index (χ0) is 9.52. The van der Waals surface area contributed by atoms with Gasteiger partial charge in [0.2, 0.25) is 5.91 Å². The summed E-state index contributed by atoms with van der Waals surface area (Å²) >= 11 is 0. The van der Waals surface area contributed by atoms with Crippen LogP contribution in [0.15, 0.2) is 0 Å². The lowest BCUT2D eigenvalue weighted by Crippen LogP contribution is -2.32. The topological polar surface area (TPSA) is 64.3 Å². The molecule has 1 aliphatic rings. The van der Waals surface area contributed by atoms with Crippen molar-refractivity contribution < 1.29 is 9.53 Å². The zero-order valence-corrected chi connectivity index (χ0v) is 7.92. The highest BCUT2D eigenvalue weighted by atomic mass is 16.5. The van der Waals surface area contributed by atoms with Crippen LogP contribution in [-0.4, -0.2) is 32.2 Å². The van der Waals surface area contributed by atoms with Crippen LogP contribution < -0.4 is 11.1 Å². The molecule has 0 aromatic rings. The van der Waals surface area contributed by atoms with Crippen molar-refractivity contribution in [1.82, 2.24) is 5.32 Å². The van der Waals surface area contributed by atoms with Crippen molar-refractivity contribution in [1.29, 1.82) is 0 Å². The van der Waals surface area contributed by atoms with Gasteiger partial charge in [0.05, 0.1) is 0 Å². The number of amides is 1. The predicted molar refractivity (Wildman–Crippen MR) is 50.2 cm³/mol. The Bertz CT molecular complexity index is 156. The molecule has 1 saturated heterocycles. The summed E-state index contributed by atoms with van der Waals surface area (Å²) in [5.74, 6) is 0.507. The van der Waals surface area contributed by atoms with Crippen molar-refractivity contribution in [2.45, 2.75) is 19.3 Å². The average molecular weight is 186 g/mol. The molecule has 4 heteroatoms. The van der Waals surface area contributed by atoms with E-state index in [9.17, 15) is 4.79 Å². The lowest BCUT2D eigenvalue weighted by atomic mass is 9.98. The summed E-state index contributed by atoms with van der Waals surface area (Å²) in [6.07, 6.45) is 2.77. The highest BCUT2D eigenvalue weighted by Gasteiger charge is 2.16. The molecule has 0 aromatic carbocycles. The van der Waals surface area contributed by atoms with Crippen LogP contribution in [0.2, 0.25) is 0 Å². The summed E-state index contributed by atoms with van der Waals surface area (Å²) in [6, 6.07) is 0. The van der Waals surface area contributed by atoms with E-state index in [1.54, 1.807) is 0 Å². The Morgan fingerprint density at radius 3 is 3.08 bits per heavy atom. The van der Waals surface area contributed by atoms with Crippen LogP contribution in [0.1, 0.15) is 19.3 Å². The van der Waals surface area contributed by atoms with Crippen LogP contribution >= 0.6 is 0 Å². The van der Waals surface area contributed by atoms with Crippen LogP contribution in [-0.2, 0) is 9.53 Å². The Balaban J connectivity index is 2.11. The number of carbonyl (C=O) groups is 1. The van der Waals surface area contributed by atoms with E-state index in [4.69, 9.17) is 10.5 Å². The lowest BCUT2D eigenvalue weighted by molar-refractivity contribution is -0.123. The second-order valence-electron chi connectivity index (χ2n) is 3.43. The average Bonchev–Trinajstić information content (AvgIpc) is 2.16. The highest BCUT2D eigenvalue weighted by molar-refractivity contribution is 5.76. The number of rotatable bonds is 4. The number of nitrogens with two attached hydrogens (primary N) is 1. The van der Waals surface area contributed by atoms with Crippen molar-refractivity contribution in [3.05, 3.63) is 0 Å². The molecule has 3 N–H and O–H groups in total. The number of carbonyl (C=O) groups excluding carboxylic acids is 1. The van der Waals surface area contributed by atoms with E-state index in [1.807, 2.05) is 0 Å². The van der Waals surface area contributed by atoms with Gasteiger partial charge in [0.15, 0.2) is 0 Å². The number of nitrogens with one attached hydrogen (secondary N) is 1. The van der Waals surface area contributed by atoms with E-state index in [0.717, 1.165) is 26.1 Å². The van der Waals surface area contributed by atoms with E-state index >= 15 is 0 Å². The highest BCUT2D eigenvalue weighted by Crippen LogP contribution is 2.16. The molecule has 1 amide bonds. The largest absolute Gasteiger partial charge is 0.381 e. The number of hydrogen-bond acceptors (Lipinski definition) is 3. The van der Waals surface area contributed by atoms with Gasteiger partial charge in [0.1, 0.15) is 0 Å². The second kappa shape index (κ2) is 5.94. The monoisotopic (exact) mass is 186 g/mol. The fraction of sp³-hybridized carbons (Fsp3) is 0.889. The van der Waals surface area contributed by atoms with Crippen LogP contribution in [0, 0.1) is 5.92 Å². The third-order valence-electron chi connectivity index (χ3n) is 2.20. The molecule has 13 heavy (non-hydrogen) atoms. The Morgan fingerprint density at radius 1 is 1.62 bits per heavy atom. The van der Waals surface area contributed by atoms with Crippen molar-refractivity contribution in [3.63, 3.8) is 0 Å². The summed E-state index contributed by atoms with van der Waals surface area (Å²) in [7, 11) is 0. The van der Waals surface area contributed by atoms with Gasteiger partial charge >= 0.3 is 0 Å². The molecule has 1 rings (SSSR count). The minimum atomic E-state index is 0.0981. The van der Waals surface area contributed by atoms with E-state index < -0.39 is 0 Å². The minimum Gasteiger partial charge on any atom is -0.381 e. The fourth-order valence-corrected chi connectivity index (χ4v) is 1.51. The number of ether oxygens (including phenoxy) is 1. The van der Waals surface area contributed by atoms with Crippen molar-refractivity contribution >= 4 is 5.91 Å². The molecular weight excluding hydrogens is 168 g/mol. The Labute approximate surface area is 78.8 Å². The first-order chi connectivity index (χ1) is 6.33. The second-order valence-corrected chi connectivity index (χ2v) is 3.43. The fourth-order valence-electron chi connectivity index (χ4n) is 1.51. The molecule has 0 radical (unpaired) electrons. The lowest BCUT2D eigenvalue weighted by Gasteiger charge is -2.21. The zero-order valence-electron chi connectivity index (χ0n) is 7.92. The molecule has 1 heterocycles. The predicted octanol–water partition coefficient (Wildman–Crippen LogP) is -0.122. The first-order valence-corrected chi connectivity index (χ1v) is 4.87. The van der Waals surface area contributed by atoms with Crippen molar-refractivity contribution in [2.24, 2.45) is 11.7 Å². The molecule has 0 bridgehead atoms. The molecule has 1 unspecified atom stereocenters. The summed E-state index contributed by atoms with van der Waals surface area (Å²) < 4.78 is 5.28. The van der Waals surface area contributed by atoms with Gasteiger partial charge in [-0.3, -0.25) is 4.79 Å². The van der Waals surface area contributed by atoms with E-state index in [0.29, 0.717) is 25.4 Å². The standard InChI is InChI=1S/C9H18N2O2/c10-3-4-11-9(12)6-8-2-1-5-13-7-8/h8H,1-7,10H2,(H,11,12). The smallest absolute Gasteiger partial charge is 0.220 e. The quantitative estimate of drug-likeness (QED) is 0.643. The summed E-state index contributed by atoms with van der Waals surface area (Å²) in [4.78, 5) is 11.2. The SMILES string of the molecule is NCCNC(=O)CC1CCCOC1. The molecule has 76 valence electrons. The molecule has 0 spiro atoms. The summed E-state index contributed by atoms with van der Waals surface area (Å²) in [6.45, 7) is 2.66. The van der Waals surface area contributed by atoms with E-state index in [-0.39, 0.29) is 5.91 Å². The maximum Gasteiger partial charge on any atom is 0.220 e. The van der Waals surface area contributed by atoms with E-state index in [2.05, 4.69) is 5.32 Å². The van der Waals surface area contributed by atoms with Crippen LogP contribution in [0.5, 0.6) is 0 Å². The molecular formula is C9H18N2O2. The summed E-state index contributed by atoms with van der Waals surface area (Å²) in [5.41, 5.74) is 5.27. The number of hydrogen-bond donors (Lipinski definition) is 2. The van der Waals surface area contributed by atoms with Crippen LogP contribution in [0.4, 0.5) is 0 Å². The molecule has 1 aliphatic heterocycles. The third kappa shape index (κ3) is 4.24. The maximum absolute atomic E-state index is 11.2. The van der Waals surface area contributed by atoms with Crippen molar-refractivity contribution in [3.8, 4) is 0 Å². The maximum atomic E-state index is 11.2. The molecule has 0 aromatic heterocycles. The van der Waals surface area contributed by atoms with Gasteiger partial charge in [-0.15, -0.1) is 0 Å². The normalized spacial score (nSPS) is 22.7. The molecule has 1 fully saturated rings. The van der Waals surface area contributed by atoms with Gasteiger partial charge in [-0.1, -0.05) is 0 Å². The first kappa shape index (κ1) is 10.5. The third-order valence-corrected chi connectivity index (χ3v) is 2.20. The summed E-state index contributed by atoms with van der Waals surface area (Å²) in [5, 5.41) is 2.76. The van der Waals surface area contributed by atoms with Gasteiger partial charge in [-0.2, -0.15) is 0 Å². The van der Waals surface area contributed by atoms with Gasteiger partial charge in [-0.25, -0.2) is 0 Å². The molecule has 4 nitrogen and oxygen atoms in total. The van der Waals surface area contributed by atoms with Gasteiger partial charge in [-0.05, 0) is 18.8 Å². The van der Waals surface area contributed by atoms with Gasteiger partial charge < -0.3 is 15.8 Å². The molecule has 1 atom stereocenters. The molecule has 0 saturated carbocycles. The Kier molecular flexibility index (Phi) is 4.78. The van der Waals surface area contributed by atoms with Crippen LogP contribution in [0.3, 0.4) is 0 Å². The van der Waals surface area contributed by atoms with Gasteiger partial charge in [0, 0.05) is 32.7 Å². The van der Waals surface area contributed by atoms with Crippen molar-refractivity contribution in [2.75, 3.05) is 26.3 Å². The van der Waals surface area contributed by atoms with Gasteiger partial charge in [0.25, 0.3) is 0 Å². The Hall–Kier alpha value is -0.610.